The topological polar surface area (TPSA) is 118 Å². The van der Waals surface area contributed by atoms with Crippen LogP contribution in [0.3, 0.4) is 0 Å². The number of nitrogens with zero attached hydrogens (tertiary/aromatic N) is 2. The summed E-state index contributed by atoms with van der Waals surface area (Å²) in [4.78, 5) is 8.35. The zero-order valence-electron chi connectivity index (χ0n) is 9.50. The van der Waals surface area contributed by atoms with Gasteiger partial charge in [0.25, 0.3) is 10.0 Å². The first kappa shape index (κ1) is 13.9. The van der Waals surface area contributed by atoms with Gasteiger partial charge in [0.05, 0.1) is 11.1 Å². The summed E-state index contributed by atoms with van der Waals surface area (Å²) in [6.45, 7) is 0. The van der Waals surface area contributed by atoms with Crippen molar-refractivity contribution in [3.8, 4) is 0 Å². The fraction of sp³-hybridized carbons (Fsp3) is 0. The van der Waals surface area contributed by atoms with Crippen LogP contribution in [0.15, 0.2) is 29.3 Å². The van der Waals surface area contributed by atoms with E-state index in [0.29, 0.717) is 6.07 Å². The highest BCUT2D eigenvalue weighted by molar-refractivity contribution is 7.92. The number of H-pyrrole nitrogens is 1. The van der Waals surface area contributed by atoms with Crippen molar-refractivity contribution in [2.75, 3.05) is 4.72 Å². The van der Waals surface area contributed by atoms with Gasteiger partial charge in [-0.2, -0.15) is 9.49 Å². The van der Waals surface area contributed by atoms with Crippen molar-refractivity contribution >= 4 is 21.5 Å². The minimum Gasteiger partial charge on any atom is -0.264 e. The molecule has 0 saturated heterocycles. The maximum absolute atomic E-state index is 13.5. The lowest BCUT2D eigenvalue weighted by molar-refractivity contribution is -0.387. The van der Waals surface area contributed by atoms with Gasteiger partial charge >= 0.3 is 5.69 Å². The van der Waals surface area contributed by atoms with Crippen LogP contribution in [0.25, 0.3) is 0 Å². The lowest BCUT2D eigenvalue weighted by atomic mass is 10.3. The van der Waals surface area contributed by atoms with Crippen LogP contribution in [-0.4, -0.2) is 23.5 Å². The Morgan fingerprint density at radius 3 is 2.55 bits per heavy atom. The van der Waals surface area contributed by atoms with E-state index < -0.39 is 37.2 Å². The van der Waals surface area contributed by atoms with Crippen LogP contribution in [0.2, 0.25) is 0 Å². The third kappa shape index (κ3) is 2.56. The first-order valence-corrected chi connectivity index (χ1v) is 6.45. The molecule has 0 aliphatic heterocycles. The molecule has 2 rings (SSSR count). The molecular formula is C9H6F2N4O4S. The molecule has 0 aliphatic rings. The Hall–Kier alpha value is -2.56. The van der Waals surface area contributed by atoms with E-state index in [9.17, 15) is 27.3 Å². The van der Waals surface area contributed by atoms with Crippen LogP contribution in [0, 0.1) is 21.7 Å². The van der Waals surface area contributed by atoms with E-state index in [1.165, 1.54) is 12.3 Å². The summed E-state index contributed by atoms with van der Waals surface area (Å²) < 4.78 is 52.3. The van der Waals surface area contributed by atoms with Gasteiger partial charge in [-0.05, 0) is 0 Å². The van der Waals surface area contributed by atoms with Crippen molar-refractivity contribution in [1.82, 2.24) is 10.2 Å². The summed E-state index contributed by atoms with van der Waals surface area (Å²) in [7, 11) is -4.45. The van der Waals surface area contributed by atoms with Crippen LogP contribution in [-0.2, 0) is 10.0 Å². The molecule has 0 amide bonds. The molecule has 0 atom stereocenters. The Morgan fingerprint density at radius 1 is 1.30 bits per heavy atom. The monoisotopic (exact) mass is 304 g/mol. The van der Waals surface area contributed by atoms with Gasteiger partial charge in [-0.25, -0.2) is 12.8 Å². The number of nitrogens with one attached hydrogen (secondary N) is 2. The molecule has 2 N–H and O–H groups in total. The van der Waals surface area contributed by atoms with Gasteiger partial charge in [-0.1, -0.05) is 0 Å². The van der Waals surface area contributed by atoms with Crippen molar-refractivity contribution in [3.63, 3.8) is 0 Å². The van der Waals surface area contributed by atoms with E-state index in [1.807, 2.05) is 4.72 Å². The molecule has 0 spiro atoms. The summed E-state index contributed by atoms with van der Waals surface area (Å²) in [6, 6.07) is 1.69. The van der Waals surface area contributed by atoms with Crippen LogP contribution < -0.4 is 4.72 Å². The summed E-state index contributed by atoms with van der Waals surface area (Å²) in [5, 5.41) is 16.3. The van der Waals surface area contributed by atoms with Gasteiger partial charge in [0.1, 0.15) is 16.5 Å². The fourth-order valence-electron chi connectivity index (χ4n) is 1.38. The van der Waals surface area contributed by atoms with Crippen molar-refractivity contribution in [2.45, 2.75) is 4.90 Å². The van der Waals surface area contributed by atoms with Gasteiger partial charge in [0, 0.05) is 18.2 Å². The SMILES string of the molecule is O=[N+]([O-])c1cc(S(=O)(=O)Nc2ccn[nH]2)c(F)cc1F. The van der Waals surface area contributed by atoms with Crippen molar-refractivity contribution in [2.24, 2.45) is 0 Å². The number of aromatic nitrogens is 2. The predicted molar refractivity (Wildman–Crippen MR) is 62.4 cm³/mol. The van der Waals surface area contributed by atoms with Crippen LogP contribution in [0.1, 0.15) is 0 Å². The minimum atomic E-state index is -4.45. The number of nitro groups is 1. The highest BCUT2D eigenvalue weighted by Crippen LogP contribution is 2.25. The number of rotatable bonds is 4. The molecule has 0 unspecified atom stereocenters. The van der Waals surface area contributed by atoms with E-state index >= 15 is 0 Å². The quantitative estimate of drug-likeness (QED) is 0.653. The summed E-state index contributed by atoms with van der Waals surface area (Å²) in [5.41, 5.74) is -1.14. The molecule has 106 valence electrons. The van der Waals surface area contributed by atoms with Gasteiger partial charge < -0.3 is 0 Å². The van der Waals surface area contributed by atoms with E-state index in [4.69, 9.17) is 0 Å². The highest BCUT2D eigenvalue weighted by atomic mass is 32.2. The summed E-state index contributed by atoms with van der Waals surface area (Å²) in [6.07, 6.45) is 1.24. The number of anilines is 1. The molecule has 0 bridgehead atoms. The summed E-state index contributed by atoms with van der Waals surface area (Å²) >= 11 is 0. The normalized spacial score (nSPS) is 11.3. The Balaban J connectivity index is 2.51. The largest absolute Gasteiger partial charge is 0.306 e. The Morgan fingerprint density at radius 2 is 2.00 bits per heavy atom. The average molecular weight is 304 g/mol. The zero-order chi connectivity index (χ0) is 14.9. The van der Waals surface area contributed by atoms with Crippen LogP contribution >= 0.6 is 0 Å². The van der Waals surface area contributed by atoms with Crippen LogP contribution in [0.4, 0.5) is 20.3 Å². The van der Waals surface area contributed by atoms with E-state index in [1.54, 1.807) is 0 Å². The molecule has 8 nitrogen and oxygen atoms in total. The number of hydrogen-bond acceptors (Lipinski definition) is 5. The van der Waals surface area contributed by atoms with Crippen molar-refractivity contribution in [3.05, 3.63) is 46.1 Å². The smallest absolute Gasteiger partial charge is 0.264 e. The lowest BCUT2D eigenvalue weighted by Gasteiger charge is -2.07. The standard InChI is InChI=1S/C9H6F2N4O4S/c10-5-3-6(11)8(4-7(5)15(16)17)20(18,19)14-9-1-2-12-13-9/h1-4H,(H2,12,13,14). The second-order valence-electron chi connectivity index (χ2n) is 3.57. The third-order valence-electron chi connectivity index (χ3n) is 2.23. The number of hydrogen-bond donors (Lipinski definition) is 2. The van der Waals surface area contributed by atoms with Crippen molar-refractivity contribution < 1.29 is 22.1 Å². The third-order valence-corrected chi connectivity index (χ3v) is 3.61. The maximum Gasteiger partial charge on any atom is 0.306 e. The second kappa shape index (κ2) is 4.85. The molecule has 2 aromatic rings. The number of sulfonamides is 1. The number of halogens is 2. The molecule has 20 heavy (non-hydrogen) atoms. The molecule has 1 heterocycles. The lowest BCUT2D eigenvalue weighted by Crippen LogP contribution is -2.15. The molecule has 0 aliphatic carbocycles. The highest BCUT2D eigenvalue weighted by Gasteiger charge is 2.26. The first-order chi connectivity index (χ1) is 9.31. The van der Waals surface area contributed by atoms with Crippen LogP contribution in [0.5, 0.6) is 0 Å². The van der Waals surface area contributed by atoms with Gasteiger partial charge in [0.2, 0.25) is 5.82 Å². The van der Waals surface area contributed by atoms with Crippen molar-refractivity contribution in [1.29, 1.82) is 0 Å². The van der Waals surface area contributed by atoms with E-state index in [-0.39, 0.29) is 11.9 Å². The molecule has 1 aromatic heterocycles. The maximum atomic E-state index is 13.5. The van der Waals surface area contributed by atoms with Gasteiger partial charge in [0.15, 0.2) is 0 Å². The molecule has 0 radical (unpaired) electrons. The summed E-state index contributed by atoms with van der Waals surface area (Å²) in [5.74, 6) is -2.98. The number of nitro benzene ring substituents is 1. The van der Waals surface area contributed by atoms with Gasteiger partial charge in [-0.15, -0.1) is 0 Å². The first-order valence-electron chi connectivity index (χ1n) is 4.97. The van der Waals surface area contributed by atoms with Gasteiger partial charge in [-0.3, -0.25) is 19.9 Å². The zero-order valence-corrected chi connectivity index (χ0v) is 10.3. The van der Waals surface area contributed by atoms with E-state index in [2.05, 4.69) is 10.2 Å². The van der Waals surface area contributed by atoms with E-state index in [0.717, 1.165) is 0 Å². The Labute approximate surface area is 110 Å². The fourth-order valence-corrected chi connectivity index (χ4v) is 2.47. The Bertz CT molecular complexity index is 761. The Kier molecular flexibility index (Phi) is 3.36. The molecule has 11 heteroatoms. The second-order valence-corrected chi connectivity index (χ2v) is 5.22. The molecule has 0 fully saturated rings. The molecular weight excluding hydrogens is 298 g/mol. The average Bonchev–Trinajstić information content (AvgIpc) is 2.79. The minimum absolute atomic E-state index is 0.0728. The predicted octanol–water partition coefficient (Wildman–Crippen LogP) is 1.40. The molecule has 1 aromatic carbocycles. The molecule has 0 saturated carbocycles. The number of benzene rings is 1. The number of aromatic amines is 1.